The molecule has 0 aromatic carbocycles. The second-order valence-corrected chi connectivity index (χ2v) is 7.31. The van der Waals surface area contributed by atoms with E-state index in [-0.39, 0.29) is 28.8 Å². The lowest BCUT2D eigenvalue weighted by Crippen LogP contribution is -2.49. The molecule has 0 aromatic rings. The molecular weight excluding hydrogens is 244 g/mol. The van der Waals surface area contributed by atoms with Gasteiger partial charge in [0.05, 0.1) is 11.1 Å². The third-order valence-electron chi connectivity index (χ3n) is 4.97. The molecule has 0 bridgehead atoms. The van der Waals surface area contributed by atoms with Crippen LogP contribution >= 0.6 is 0 Å². The van der Waals surface area contributed by atoms with E-state index in [9.17, 15) is 9.90 Å². The predicted octanol–water partition coefficient (Wildman–Crippen LogP) is 0.692. The highest BCUT2D eigenvalue weighted by Crippen LogP contribution is 2.44. The first-order chi connectivity index (χ1) is 8.57. The number of carbonyl (C=O) groups is 1. The first kappa shape index (κ1) is 14.8. The Morgan fingerprint density at radius 1 is 1.37 bits per heavy atom. The summed E-state index contributed by atoms with van der Waals surface area (Å²) in [5.74, 6) is 0.174. The van der Waals surface area contributed by atoms with Gasteiger partial charge in [-0.15, -0.1) is 0 Å². The maximum Gasteiger partial charge on any atom is 0.227 e. The number of rotatable bonds is 2. The van der Waals surface area contributed by atoms with Crippen LogP contribution < -0.4 is 0 Å². The van der Waals surface area contributed by atoms with E-state index in [1.807, 2.05) is 6.92 Å². The number of likely N-dealkylation sites (tertiary alicyclic amines) is 1. The average Bonchev–Trinajstić information content (AvgIpc) is 2.60. The van der Waals surface area contributed by atoms with Crippen molar-refractivity contribution in [2.24, 2.45) is 11.8 Å². The Morgan fingerprint density at radius 2 is 1.95 bits per heavy atom. The fraction of sp³-hybridized carbons (Fsp3) is 0.929. The Hall–Kier alpha value is -0.650. The Kier molecular flexibility index (Phi) is 3.44. The lowest BCUT2D eigenvalue weighted by atomic mass is 9.86. The van der Waals surface area contributed by atoms with E-state index in [1.165, 1.54) is 0 Å². The molecule has 2 unspecified atom stereocenters. The summed E-state index contributed by atoms with van der Waals surface area (Å²) in [7, 11) is 0. The van der Waals surface area contributed by atoms with Crippen molar-refractivity contribution in [3.8, 4) is 0 Å². The van der Waals surface area contributed by atoms with E-state index >= 15 is 0 Å². The third-order valence-corrected chi connectivity index (χ3v) is 4.97. The number of hydrogen-bond donors (Lipinski definition) is 1. The highest BCUT2D eigenvalue weighted by Gasteiger charge is 2.56. The summed E-state index contributed by atoms with van der Waals surface area (Å²) < 4.78 is 0. The SMILES string of the molecule is C[C@@H]1CC(O)N(CC2CC(C)(C)N([OH2+])C2(C)C)C1=O. The predicted molar refractivity (Wildman–Crippen MR) is 73.2 cm³/mol. The van der Waals surface area contributed by atoms with Crippen molar-refractivity contribution < 1.29 is 15.1 Å². The zero-order valence-corrected chi connectivity index (χ0v) is 12.6. The van der Waals surface area contributed by atoms with Gasteiger partial charge in [-0.05, 0) is 34.1 Å². The van der Waals surface area contributed by atoms with Gasteiger partial charge in [-0.2, -0.15) is 0 Å². The molecule has 110 valence electrons. The zero-order chi connectivity index (χ0) is 14.6. The van der Waals surface area contributed by atoms with Gasteiger partial charge in [0.1, 0.15) is 6.23 Å². The van der Waals surface area contributed by atoms with Gasteiger partial charge in [0.15, 0.2) is 0 Å². The lowest BCUT2D eigenvalue weighted by Gasteiger charge is -2.33. The number of carbonyl (C=O) groups excluding carboxylic acids is 1. The molecule has 19 heavy (non-hydrogen) atoms. The van der Waals surface area contributed by atoms with Crippen molar-refractivity contribution in [3.05, 3.63) is 0 Å². The van der Waals surface area contributed by atoms with Gasteiger partial charge in [-0.25, -0.2) is 0 Å². The highest BCUT2D eigenvalue weighted by molar-refractivity contribution is 5.80. The number of hydroxylamine groups is 2. The monoisotopic (exact) mass is 271 g/mol. The Labute approximate surface area is 115 Å². The minimum absolute atomic E-state index is 0.0459. The molecule has 5 heteroatoms. The van der Waals surface area contributed by atoms with Crippen LogP contribution in [0.25, 0.3) is 0 Å². The highest BCUT2D eigenvalue weighted by atomic mass is 16.5. The summed E-state index contributed by atoms with van der Waals surface area (Å²) >= 11 is 0. The van der Waals surface area contributed by atoms with E-state index in [0.717, 1.165) is 6.42 Å². The number of aliphatic hydroxyl groups excluding tert-OH is 1. The molecule has 1 amide bonds. The van der Waals surface area contributed by atoms with Crippen LogP contribution in [-0.2, 0) is 4.79 Å². The summed E-state index contributed by atoms with van der Waals surface area (Å²) in [6.45, 7) is 10.6. The minimum atomic E-state index is -0.652. The molecule has 0 aromatic heterocycles. The van der Waals surface area contributed by atoms with Crippen LogP contribution in [0, 0.1) is 11.8 Å². The van der Waals surface area contributed by atoms with Crippen LogP contribution in [0.1, 0.15) is 47.5 Å². The molecule has 2 saturated heterocycles. The van der Waals surface area contributed by atoms with Crippen LogP contribution in [0.3, 0.4) is 0 Å². The smallest absolute Gasteiger partial charge is 0.227 e. The molecule has 0 saturated carbocycles. The van der Waals surface area contributed by atoms with E-state index in [2.05, 4.69) is 27.7 Å². The lowest BCUT2D eigenvalue weighted by molar-refractivity contribution is -0.197. The molecule has 0 spiro atoms. The number of aliphatic hydroxyl groups is 1. The normalized spacial score (nSPS) is 38.2. The summed E-state index contributed by atoms with van der Waals surface area (Å²) in [6, 6.07) is 0. The van der Waals surface area contributed by atoms with Gasteiger partial charge in [0.2, 0.25) is 5.91 Å². The maximum atomic E-state index is 12.1. The quantitative estimate of drug-likeness (QED) is 0.752. The van der Waals surface area contributed by atoms with Crippen molar-refractivity contribution in [3.63, 3.8) is 0 Å². The largest absolute Gasteiger partial charge is 0.373 e. The maximum absolute atomic E-state index is 12.1. The van der Waals surface area contributed by atoms with Gasteiger partial charge in [0.25, 0.3) is 0 Å². The van der Waals surface area contributed by atoms with Gasteiger partial charge >= 0.3 is 0 Å². The van der Waals surface area contributed by atoms with Crippen LogP contribution in [0.5, 0.6) is 0 Å². The summed E-state index contributed by atoms with van der Waals surface area (Å²) in [4.78, 5) is 13.7. The first-order valence-corrected chi connectivity index (χ1v) is 7.07. The Morgan fingerprint density at radius 3 is 2.32 bits per heavy atom. The van der Waals surface area contributed by atoms with Gasteiger partial charge < -0.3 is 15.2 Å². The fourth-order valence-electron chi connectivity index (χ4n) is 3.62. The second-order valence-electron chi connectivity index (χ2n) is 7.31. The van der Waals surface area contributed by atoms with Crippen molar-refractivity contribution in [1.82, 2.24) is 9.96 Å². The molecule has 0 radical (unpaired) electrons. The standard InChI is InChI=1S/C14H26N2O3/c1-9-6-11(17)15(12(9)18)8-10-7-13(2,3)16(19)14(10,4)5/h9-11,17,19H,6-8H2,1-5H3/p+1/t9-,10?,11?/m1/s1. The minimum Gasteiger partial charge on any atom is -0.373 e. The van der Waals surface area contributed by atoms with E-state index in [0.29, 0.717) is 13.0 Å². The van der Waals surface area contributed by atoms with Crippen LogP contribution in [-0.4, -0.2) is 50.0 Å². The van der Waals surface area contributed by atoms with Gasteiger partial charge in [-0.1, -0.05) is 12.0 Å². The van der Waals surface area contributed by atoms with Crippen LogP contribution in [0.4, 0.5) is 0 Å². The molecule has 3 atom stereocenters. The van der Waals surface area contributed by atoms with Crippen molar-refractivity contribution >= 4 is 5.91 Å². The molecule has 2 fully saturated rings. The Bertz CT molecular complexity index is 381. The second kappa shape index (κ2) is 4.43. The molecule has 0 aliphatic carbocycles. The summed E-state index contributed by atoms with van der Waals surface area (Å²) in [5.41, 5.74) is -0.469. The molecule has 2 heterocycles. The molecule has 2 aliphatic heterocycles. The summed E-state index contributed by atoms with van der Waals surface area (Å²) in [5, 5.41) is 19.9. The van der Waals surface area contributed by atoms with E-state index < -0.39 is 6.23 Å². The van der Waals surface area contributed by atoms with E-state index in [1.54, 1.807) is 9.96 Å². The summed E-state index contributed by atoms with van der Waals surface area (Å²) in [6.07, 6.45) is 0.745. The average molecular weight is 271 g/mol. The number of hydrogen-bond acceptors (Lipinski definition) is 3. The molecule has 3 N–H and O–H groups in total. The fourth-order valence-corrected chi connectivity index (χ4v) is 3.62. The van der Waals surface area contributed by atoms with E-state index in [4.69, 9.17) is 5.21 Å². The van der Waals surface area contributed by atoms with Crippen molar-refractivity contribution in [2.45, 2.75) is 64.8 Å². The van der Waals surface area contributed by atoms with Gasteiger partial charge in [-0.3, -0.25) is 4.79 Å². The molecule has 2 aliphatic rings. The van der Waals surface area contributed by atoms with Crippen LogP contribution in [0.2, 0.25) is 0 Å². The zero-order valence-electron chi connectivity index (χ0n) is 12.6. The molecule has 2 rings (SSSR count). The third kappa shape index (κ3) is 2.28. The van der Waals surface area contributed by atoms with Crippen molar-refractivity contribution in [1.29, 1.82) is 0 Å². The molecular formula is C14H27N2O3+. The first-order valence-electron chi connectivity index (χ1n) is 7.07. The Balaban J connectivity index is 2.14. The molecule has 5 nitrogen and oxygen atoms in total. The van der Waals surface area contributed by atoms with Crippen molar-refractivity contribution in [2.75, 3.05) is 6.54 Å². The van der Waals surface area contributed by atoms with Crippen LogP contribution in [0.15, 0.2) is 0 Å². The number of nitrogens with zero attached hydrogens (tertiary/aromatic N) is 2. The topological polar surface area (TPSA) is 66.7 Å². The van der Waals surface area contributed by atoms with Gasteiger partial charge in [0, 0.05) is 24.8 Å². The number of amides is 1.